The monoisotopic (exact) mass is 492 g/mol. The fraction of sp³-hybridized carbons (Fsp3) is 0.208. The SMILES string of the molecule is COCc1cccc(NC(=O)c2ccc(CN(c3cccc(C(F)(F)F)c3)S(C)(=O)=O)cc2)c1. The number of ether oxygens (including phenoxy) is 1. The molecule has 3 aromatic carbocycles. The van der Waals surface area contributed by atoms with E-state index in [-0.39, 0.29) is 18.1 Å². The maximum Gasteiger partial charge on any atom is 0.416 e. The lowest BCUT2D eigenvalue weighted by atomic mass is 10.1. The molecule has 0 aliphatic heterocycles. The second-order valence-electron chi connectivity index (χ2n) is 7.60. The van der Waals surface area contributed by atoms with E-state index in [1.807, 2.05) is 6.07 Å². The summed E-state index contributed by atoms with van der Waals surface area (Å²) in [6.07, 6.45) is -3.68. The summed E-state index contributed by atoms with van der Waals surface area (Å²) in [5.74, 6) is -0.362. The van der Waals surface area contributed by atoms with E-state index in [2.05, 4.69) is 5.32 Å². The molecule has 0 fully saturated rings. The summed E-state index contributed by atoms with van der Waals surface area (Å²) >= 11 is 0. The van der Waals surface area contributed by atoms with Gasteiger partial charge in [-0.25, -0.2) is 8.42 Å². The quantitative estimate of drug-likeness (QED) is 0.476. The van der Waals surface area contributed by atoms with Gasteiger partial charge in [0.15, 0.2) is 0 Å². The molecule has 10 heteroatoms. The van der Waals surface area contributed by atoms with Crippen LogP contribution in [-0.2, 0) is 34.1 Å². The zero-order chi connectivity index (χ0) is 24.9. The molecule has 0 bridgehead atoms. The van der Waals surface area contributed by atoms with Crippen LogP contribution in [0.3, 0.4) is 0 Å². The Balaban J connectivity index is 1.78. The highest BCUT2D eigenvalue weighted by atomic mass is 32.2. The molecule has 0 unspecified atom stereocenters. The predicted molar refractivity (Wildman–Crippen MR) is 124 cm³/mol. The van der Waals surface area contributed by atoms with Crippen molar-refractivity contribution < 1.29 is 31.1 Å². The van der Waals surface area contributed by atoms with E-state index in [1.54, 1.807) is 37.4 Å². The molecule has 0 saturated heterocycles. The lowest BCUT2D eigenvalue weighted by molar-refractivity contribution is -0.137. The summed E-state index contributed by atoms with van der Waals surface area (Å²) in [5, 5.41) is 2.78. The van der Waals surface area contributed by atoms with Crippen LogP contribution in [0.4, 0.5) is 24.5 Å². The first-order chi connectivity index (χ1) is 16.0. The minimum Gasteiger partial charge on any atom is -0.380 e. The largest absolute Gasteiger partial charge is 0.416 e. The summed E-state index contributed by atoms with van der Waals surface area (Å²) in [6.45, 7) is 0.211. The third-order valence-corrected chi connectivity index (χ3v) is 6.04. The van der Waals surface area contributed by atoms with Crippen molar-refractivity contribution >= 4 is 27.3 Å². The van der Waals surface area contributed by atoms with Crippen LogP contribution >= 0.6 is 0 Å². The Labute approximate surface area is 196 Å². The van der Waals surface area contributed by atoms with Gasteiger partial charge in [0, 0.05) is 18.4 Å². The van der Waals surface area contributed by atoms with Crippen molar-refractivity contribution in [2.24, 2.45) is 0 Å². The van der Waals surface area contributed by atoms with Gasteiger partial charge >= 0.3 is 6.18 Å². The molecule has 0 aliphatic rings. The van der Waals surface area contributed by atoms with E-state index in [4.69, 9.17) is 4.74 Å². The van der Waals surface area contributed by atoms with Crippen LogP contribution in [0.5, 0.6) is 0 Å². The standard InChI is InChI=1S/C24H23F3N2O4S/c1-33-16-18-5-3-7-21(13-18)28-23(30)19-11-9-17(10-12-19)15-29(34(2,31)32)22-8-4-6-20(14-22)24(25,26)27/h3-14H,15-16H2,1-2H3,(H,28,30). The maximum absolute atomic E-state index is 13.1. The molecule has 3 rings (SSSR count). The summed E-state index contributed by atoms with van der Waals surface area (Å²) < 4.78 is 69.8. The smallest absolute Gasteiger partial charge is 0.380 e. The van der Waals surface area contributed by atoms with Gasteiger partial charge in [-0.3, -0.25) is 9.10 Å². The number of nitrogens with zero attached hydrogens (tertiary/aromatic N) is 1. The Kier molecular flexibility index (Phi) is 7.63. The predicted octanol–water partition coefficient (Wildman–Crippen LogP) is 5.07. The van der Waals surface area contributed by atoms with Crippen LogP contribution in [-0.4, -0.2) is 27.7 Å². The van der Waals surface area contributed by atoms with Gasteiger partial charge in [0.2, 0.25) is 10.0 Å². The lowest BCUT2D eigenvalue weighted by Gasteiger charge is -2.23. The first kappa shape index (κ1) is 25.3. The van der Waals surface area contributed by atoms with Crippen LogP contribution in [0.1, 0.15) is 27.0 Å². The van der Waals surface area contributed by atoms with Gasteiger partial charge in [0.25, 0.3) is 5.91 Å². The Morgan fingerprint density at radius 3 is 2.26 bits per heavy atom. The van der Waals surface area contributed by atoms with Crippen molar-refractivity contribution in [1.82, 2.24) is 0 Å². The average molecular weight is 493 g/mol. The highest BCUT2D eigenvalue weighted by molar-refractivity contribution is 7.92. The molecule has 6 nitrogen and oxygen atoms in total. The molecule has 0 aromatic heterocycles. The topological polar surface area (TPSA) is 75.7 Å². The van der Waals surface area contributed by atoms with E-state index in [1.165, 1.54) is 18.2 Å². The highest BCUT2D eigenvalue weighted by Crippen LogP contribution is 2.32. The van der Waals surface area contributed by atoms with Gasteiger partial charge in [-0.1, -0.05) is 30.3 Å². The van der Waals surface area contributed by atoms with Crippen LogP contribution < -0.4 is 9.62 Å². The van der Waals surface area contributed by atoms with Crippen molar-refractivity contribution in [2.45, 2.75) is 19.3 Å². The third kappa shape index (κ3) is 6.58. The van der Waals surface area contributed by atoms with Crippen LogP contribution in [0.15, 0.2) is 72.8 Å². The summed E-state index contributed by atoms with van der Waals surface area (Å²) in [6, 6.07) is 17.5. The number of carbonyl (C=O) groups is 1. The number of hydrogen-bond acceptors (Lipinski definition) is 4. The first-order valence-corrected chi connectivity index (χ1v) is 12.0. The zero-order valence-electron chi connectivity index (χ0n) is 18.5. The maximum atomic E-state index is 13.1. The van der Waals surface area contributed by atoms with Gasteiger partial charge in [-0.2, -0.15) is 13.2 Å². The molecule has 180 valence electrons. The van der Waals surface area contributed by atoms with E-state index >= 15 is 0 Å². The van der Waals surface area contributed by atoms with Gasteiger partial charge < -0.3 is 10.1 Å². The van der Waals surface area contributed by atoms with Gasteiger partial charge in [-0.05, 0) is 53.6 Å². The molecule has 0 spiro atoms. The van der Waals surface area contributed by atoms with Crippen LogP contribution in [0.25, 0.3) is 0 Å². The Hall–Kier alpha value is -3.37. The van der Waals surface area contributed by atoms with Gasteiger partial charge in [0.05, 0.1) is 30.7 Å². The van der Waals surface area contributed by atoms with Crippen molar-refractivity contribution in [2.75, 3.05) is 23.0 Å². The fourth-order valence-electron chi connectivity index (χ4n) is 3.27. The third-order valence-electron chi connectivity index (χ3n) is 4.90. The van der Waals surface area contributed by atoms with Crippen molar-refractivity contribution in [3.63, 3.8) is 0 Å². The molecule has 0 aliphatic carbocycles. The molecule has 0 radical (unpaired) electrons. The number of carbonyl (C=O) groups excluding carboxylic acids is 1. The normalized spacial score (nSPS) is 11.8. The molecule has 0 atom stereocenters. The fourth-order valence-corrected chi connectivity index (χ4v) is 4.15. The number of rotatable bonds is 8. The zero-order valence-corrected chi connectivity index (χ0v) is 19.3. The summed E-state index contributed by atoms with van der Waals surface area (Å²) in [7, 11) is -2.30. The Bertz CT molecular complexity index is 1260. The minimum atomic E-state index is -4.60. The van der Waals surface area contributed by atoms with Crippen molar-refractivity contribution in [1.29, 1.82) is 0 Å². The molecular weight excluding hydrogens is 469 g/mol. The number of benzene rings is 3. The molecule has 0 heterocycles. The number of anilines is 2. The number of amides is 1. The number of halogens is 3. The number of sulfonamides is 1. The van der Waals surface area contributed by atoms with Crippen molar-refractivity contribution in [3.05, 3.63) is 95.1 Å². The van der Waals surface area contributed by atoms with Crippen LogP contribution in [0, 0.1) is 0 Å². The van der Waals surface area contributed by atoms with E-state index < -0.39 is 21.8 Å². The number of alkyl halides is 3. The van der Waals surface area contributed by atoms with Gasteiger partial charge in [0.1, 0.15) is 0 Å². The molecule has 0 saturated carbocycles. The molecular formula is C24H23F3N2O4S. The Morgan fingerprint density at radius 1 is 0.971 bits per heavy atom. The Morgan fingerprint density at radius 2 is 1.65 bits per heavy atom. The lowest BCUT2D eigenvalue weighted by Crippen LogP contribution is -2.29. The van der Waals surface area contributed by atoms with Crippen molar-refractivity contribution in [3.8, 4) is 0 Å². The number of nitrogens with one attached hydrogen (secondary N) is 1. The van der Waals surface area contributed by atoms with Gasteiger partial charge in [-0.15, -0.1) is 0 Å². The molecule has 1 amide bonds. The highest BCUT2D eigenvalue weighted by Gasteiger charge is 2.31. The van der Waals surface area contributed by atoms with Crippen LogP contribution in [0.2, 0.25) is 0 Å². The average Bonchev–Trinajstić information content (AvgIpc) is 2.77. The number of methoxy groups -OCH3 is 1. The van der Waals surface area contributed by atoms with E-state index in [0.717, 1.165) is 34.3 Å². The summed E-state index contributed by atoms with van der Waals surface area (Å²) in [4.78, 5) is 12.6. The second-order valence-corrected chi connectivity index (χ2v) is 9.51. The molecule has 1 N–H and O–H groups in total. The molecule has 34 heavy (non-hydrogen) atoms. The first-order valence-electron chi connectivity index (χ1n) is 10.1. The second kappa shape index (κ2) is 10.3. The molecule has 3 aromatic rings. The minimum absolute atomic E-state index is 0.102. The summed E-state index contributed by atoms with van der Waals surface area (Å²) in [5.41, 5.74) is 1.28. The van der Waals surface area contributed by atoms with E-state index in [9.17, 15) is 26.4 Å². The van der Waals surface area contributed by atoms with E-state index in [0.29, 0.717) is 23.4 Å². The number of hydrogen-bond donors (Lipinski definition) is 1.